The van der Waals surface area contributed by atoms with Gasteiger partial charge in [0.15, 0.2) is 5.82 Å². The molecule has 3 heteroatoms. The predicted molar refractivity (Wildman–Crippen MR) is 185 cm³/mol. The zero-order chi connectivity index (χ0) is 30.4. The van der Waals surface area contributed by atoms with Gasteiger partial charge in [-0.2, -0.15) is 0 Å². The molecule has 1 aliphatic rings. The molecule has 5 aromatic carbocycles. The Balaban J connectivity index is 1.34. The lowest BCUT2D eigenvalue weighted by Gasteiger charge is -2.23. The summed E-state index contributed by atoms with van der Waals surface area (Å²) in [6.07, 6.45) is 3.83. The molecule has 2 aromatic heterocycles. The standard InChI is InChI=1S/C42H31N3/c1-42(2)35-21-10-9-20-34(35)40-36(42)23-22-33(39(40)32-19-12-24-43-27-32)30-17-11-18-31(25-30)38-26-37(28-13-5-3-6-14-28)44-41(45-38)29-15-7-4-8-16-29/h3-27H,1-2H3. The molecule has 214 valence electrons. The quantitative estimate of drug-likeness (QED) is 0.204. The molecule has 7 aromatic rings. The Hall–Kier alpha value is -5.67. The summed E-state index contributed by atoms with van der Waals surface area (Å²) in [6.45, 7) is 4.66. The Labute approximate surface area is 264 Å². The second-order valence-corrected chi connectivity index (χ2v) is 12.1. The highest BCUT2D eigenvalue weighted by molar-refractivity contribution is 6.00. The van der Waals surface area contributed by atoms with E-state index in [1.807, 2.05) is 54.9 Å². The summed E-state index contributed by atoms with van der Waals surface area (Å²) >= 11 is 0. The van der Waals surface area contributed by atoms with Crippen LogP contribution in [0.1, 0.15) is 25.0 Å². The van der Waals surface area contributed by atoms with Gasteiger partial charge in [0.2, 0.25) is 0 Å². The molecule has 2 heterocycles. The average molecular weight is 578 g/mol. The average Bonchev–Trinajstić information content (AvgIpc) is 3.35. The van der Waals surface area contributed by atoms with Crippen LogP contribution in [0.2, 0.25) is 0 Å². The molecule has 0 unspecified atom stereocenters. The molecular weight excluding hydrogens is 546 g/mol. The smallest absolute Gasteiger partial charge is 0.160 e. The van der Waals surface area contributed by atoms with Gasteiger partial charge < -0.3 is 0 Å². The maximum absolute atomic E-state index is 5.10. The first-order valence-corrected chi connectivity index (χ1v) is 15.4. The maximum atomic E-state index is 5.10. The fourth-order valence-corrected chi connectivity index (χ4v) is 6.76. The number of hydrogen-bond acceptors (Lipinski definition) is 3. The molecule has 0 aliphatic heterocycles. The van der Waals surface area contributed by atoms with Crippen molar-refractivity contribution >= 4 is 0 Å². The molecule has 0 radical (unpaired) electrons. The van der Waals surface area contributed by atoms with E-state index in [0.717, 1.165) is 39.2 Å². The van der Waals surface area contributed by atoms with Gasteiger partial charge in [-0.15, -0.1) is 0 Å². The van der Waals surface area contributed by atoms with E-state index in [-0.39, 0.29) is 5.41 Å². The number of hydrogen-bond donors (Lipinski definition) is 0. The molecule has 45 heavy (non-hydrogen) atoms. The van der Waals surface area contributed by atoms with Crippen LogP contribution in [-0.2, 0) is 5.41 Å². The minimum absolute atomic E-state index is 0.0914. The summed E-state index contributed by atoms with van der Waals surface area (Å²) in [5.74, 6) is 0.713. The van der Waals surface area contributed by atoms with Gasteiger partial charge >= 0.3 is 0 Å². The second kappa shape index (κ2) is 10.8. The summed E-state index contributed by atoms with van der Waals surface area (Å²) in [5.41, 5.74) is 14.7. The van der Waals surface area contributed by atoms with Gasteiger partial charge in [0, 0.05) is 40.1 Å². The Morgan fingerprint density at radius 2 is 1.09 bits per heavy atom. The highest BCUT2D eigenvalue weighted by atomic mass is 14.9. The van der Waals surface area contributed by atoms with E-state index in [2.05, 4.69) is 116 Å². The number of rotatable bonds is 5. The van der Waals surface area contributed by atoms with E-state index in [1.165, 1.54) is 33.4 Å². The lowest BCUT2D eigenvalue weighted by atomic mass is 9.80. The van der Waals surface area contributed by atoms with Crippen LogP contribution in [0.5, 0.6) is 0 Å². The highest BCUT2D eigenvalue weighted by Gasteiger charge is 2.37. The minimum Gasteiger partial charge on any atom is -0.264 e. The van der Waals surface area contributed by atoms with Crippen molar-refractivity contribution in [2.24, 2.45) is 0 Å². The molecule has 0 spiro atoms. The van der Waals surface area contributed by atoms with Crippen LogP contribution in [0, 0.1) is 0 Å². The molecule has 0 fully saturated rings. The number of aromatic nitrogens is 3. The van der Waals surface area contributed by atoms with Crippen molar-refractivity contribution in [1.29, 1.82) is 0 Å². The maximum Gasteiger partial charge on any atom is 0.160 e. The van der Waals surface area contributed by atoms with E-state index in [9.17, 15) is 0 Å². The van der Waals surface area contributed by atoms with Crippen molar-refractivity contribution in [2.75, 3.05) is 0 Å². The van der Waals surface area contributed by atoms with Gasteiger partial charge in [-0.25, -0.2) is 9.97 Å². The van der Waals surface area contributed by atoms with E-state index < -0.39 is 0 Å². The molecule has 1 aliphatic carbocycles. The Kier molecular flexibility index (Phi) is 6.46. The number of fused-ring (bicyclic) bond motifs is 3. The molecular formula is C42H31N3. The van der Waals surface area contributed by atoms with Gasteiger partial charge in [0.05, 0.1) is 11.4 Å². The number of pyridine rings is 1. The summed E-state index contributed by atoms with van der Waals surface area (Å²) in [4.78, 5) is 14.6. The molecule has 3 nitrogen and oxygen atoms in total. The zero-order valence-electron chi connectivity index (χ0n) is 25.3. The molecule has 0 saturated carbocycles. The second-order valence-electron chi connectivity index (χ2n) is 12.1. The molecule has 0 saturated heterocycles. The summed E-state index contributed by atoms with van der Waals surface area (Å²) in [7, 11) is 0. The Bertz CT molecular complexity index is 2110. The molecule has 0 N–H and O–H groups in total. The first-order chi connectivity index (χ1) is 22.1. The van der Waals surface area contributed by atoms with Crippen LogP contribution in [0.15, 0.2) is 152 Å². The van der Waals surface area contributed by atoms with E-state index >= 15 is 0 Å². The predicted octanol–water partition coefficient (Wildman–Crippen LogP) is 10.5. The summed E-state index contributed by atoms with van der Waals surface area (Å²) in [5, 5.41) is 0. The summed E-state index contributed by atoms with van der Waals surface area (Å²) < 4.78 is 0. The Morgan fingerprint density at radius 3 is 1.84 bits per heavy atom. The van der Waals surface area contributed by atoms with Gasteiger partial charge in [0.25, 0.3) is 0 Å². The number of benzene rings is 5. The van der Waals surface area contributed by atoms with Gasteiger partial charge in [-0.05, 0) is 57.1 Å². The molecule has 0 atom stereocenters. The lowest BCUT2D eigenvalue weighted by Crippen LogP contribution is -2.14. The van der Waals surface area contributed by atoms with Crippen molar-refractivity contribution in [1.82, 2.24) is 15.0 Å². The minimum atomic E-state index is -0.0914. The van der Waals surface area contributed by atoms with E-state index in [1.54, 1.807) is 0 Å². The van der Waals surface area contributed by atoms with Gasteiger partial charge in [0.1, 0.15) is 0 Å². The fourth-order valence-electron chi connectivity index (χ4n) is 6.76. The lowest BCUT2D eigenvalue weighted by molar-refractivity contribution is 0.660. The van der Waals surface area contributed by atoms with Crippen LogP contribution < -0.4 is 0 Å². The topological polar surface area (TPSA) is 38.7 Å². The number of nitrogens with zero attached hydrogens (tertiary/aromatic N) is 3. The van der Waals surface area contributed by atoms with Crippen LogP contribution in [0.3, 0.4) is 0 Å². The highest BCUT2D eigenvalue weighted by Crippen LogP contribution is 2.54. The van der Waals surface area contributed by atoms with Crippen LogP contribution >= 0.6 is 0 Å². The first kappa shape index (κ1) is 26.9. The van der Waals surface area contributed by atoms with Gasteiger partial charge in [-0.1, -0.05) is 135 Å². The van der Waals surface area contributed by atoms with Crippen molar-refractivity contribution in [3.05, 3.63) is 163 Å². The normalized spacial score (nSPS) is 12.8. The third-order valence-electron chi connectivity index (χ3n) is 9.00. The fraction of sp³-hybridized carbons (Fsp3) is 0.0714. The van der Waals surface area contributed by atoms with Crippen LogP contribution in [-0.4, -0.2) is 15.0 Å². The molecule has 8 rings (SSSR count). The third-order valence-corrected chi connectivity index (χ3v) is 9.00. The third kappa shape index (κ3) is 4.65. The monoisotopic (exact) mass is 577 g/mol. The zero-order valence-corrected chi connectivity index (χ0v) is 25.3. The van der Waals surface area contributed by atoms with Crippen molar-refractivity contribution in [3.8, 4) is 67.3 Å². The van der Waals surface area contributed by atoms with E-state index in [0.29, 0.717) is 5.82 Å². The SMILES string of the molecule is CC1(C)c2ccccc2-c2c1ccc(-c1cccc(-c3cc(-c4ccccc4)nc(-c4ccccc4)n3)c1)c2-c1cccnc1. The van der Waals surface area contributed by atoms with Gasteiger partial charge in [-0.3, -0.25) is 4.98 Å². The van der Waals surface area contributed by atoms with Crippen LogP contribution in [0.4, 0.5) is 0 Å². The van der Waals surface area contributed by atoms with Crippen molar-refractivity contribution < 1.29 is 0 Å². The van der Waals surface area contributed by atoms with Crippen LogP contribution in [0.25, 0.3) is 67.3 Å². The Morgan fingerprint density at radius 1 is 0.444 bits per heavy atom. The summed E-state index contributed by atoms with van der Waals surface area (Å²) in [6, 6.07) is 49.0. The molecule has 0 bridgehead atoms. The molecule has 0 amide bonds. The van der Waals surface area contributed by atoms with Crippen molar-refractivity contribution in [3.63, 3.8) is 0 Å². The van der Waals surface area contributed by atoms with E-state index in [4.69, 9.17) is 9.97 Å². The first-order valence-electron chi connectivity index (χ1n) is 15.4. The largest absolute Gasteiger partial charge is 0.264 e. The van der Waals surface area contributed by atoms with Crippen molar-refractivity contribution in [2.45, 2.75) is 19.3 Å².